The maximum absolute atomic E-state index is 6.40. The Bertz CT molecular complexity index is 829. The second-order valence-corrected chi connectivity index (χ2v) is 9.39. The Balaban J connectivity index is 1.44. The zero-order valence-electron chi connectivity index (χ0n) is 15.1. The van der Waals surface area contributed by atoms with E-state index < -0.39 is 0 Å². The van der Waals surface area contributed by atoms with E-state index in [1.807, 2.05) is 18.3 Å². The molecule has 2 unspecified atom stereocenters. The van der Waals surface area contributed by atoms with E-state index in [9.17, 15) is 0 Å². The Kier molecular flexibility index (Phi) is 5.45. The third-order valence-corrected chi connectivity index (χ3v) is 7.18. The van der Waals surface area contributed by atoms with Crippen LogP contribution in [0.4, 0.5) is 11.6 Å². The van der Waals surface area contributed by atoms with Gasteiger partial charge in [0.15, 0.2) is 5.82 Å². The molecule has 27 heavy (non-hydrogen) atoms. The molecule has 4 rings (SSSR count). The second-order valence-electron chi connectivity index (χ2n) is 7.23. The molecule has 2 aliphatic rings. The lowest BCUT2D eigenvalue weighted by Crippen LogP contribution is -2.50. The van der Waals surface area contributed by atoms with Crippen LogP contribution in [-0.2, 0) is 4.74 Å². The molecule has 2 aromatic heterocycles. The van der Waals surface area contributed by atoms with Crippen molar-refractivity contribution < 1.29 is 4.74 Å². The highest BCUT2D eigenvalue weighted by Crippen LogP contribution is 2.42. The molecule has 2 aromatic rings. The molecular formula is C18H23IN6OS. The van der Waals surface area contributed by atoms with Crippen LogP contribution in [0.5, 0.6) is 0 Å². The van der Waals surface area contributed by atoms with E-state index in [1.54, 1.807) is 6.20 Å². The lowest BCUT2D eigenvalue weighted by Gasteiger charge is -2.41. The number of hydrogen-bond donors (Lipinski definition) is 2. The summed E-state index contributed by atoms with van der Waals surface area (Å²) in [5.74, 6) is 1.29. The van der Waals surface area contributed by atoms with Crippen LogP contribution in [0.3, 0.4) is 0 Å². The number of anilines is 2. The molecule has 2 saturated heterocycles. The summed E-state index contributed by atoms with van der Waals surface area (Å²) in [6.07, 6.45) is 5.75. The molecular weight excluding hydrogens is 475 g/mol. The van der Waals surface area contributed by atoms with Crippen LogP contribution < -0.4 is 16.4 Å². The van der Waals surface area contributed by atoms with Gasteiger partial charge in [-0.1, -0.05) is 11.8 Å². The van der Waals surface area contributed by atoms with Gasteiger partial charge in [0.05, 0.1) is 18.9 Å². The number of pyridine rings is 1. The zero-order chi connectivity index (χ0) is 19.0. The van der Waals surface area contributed by atoms with Crippen molar-refractivity contribution >= 4 is 46.0 Å². The number of piperidine rings is 1. The normalized spacial score (nSPS) is 24.5. The smallest absolute Gasteiger partial charge is 0.158 e. The van der Waals surface area contributed by atoms with Crippen molar-refractivity contribution in [2.45, 2.75) is 41.8 Å². The van der Waals surface area contributed by atoms with Gasteiger partial charge in [-0.25, -0.2) is 9.97 Å². The van der Waals surface area contributed by atoms with Gasteiger partial charge >= 0.3 is 0 Å². The third-order valence-electron chi connectivity index (χ3n) is 5.59. The van der Waals surface area contributed by atoms with Crippen LogP contribution in [0.25, 0.3) is 0 Å². The molecule has 1 spiro atoms. The van der Waals surface area contributed by atoms with E-state index in [0.717, 1.165) is 47.0 Å². The summed E-state index contributed by atoms with van der Waals surface area (Å²) in [7, 11) is 0. The summed E-state index contributed by atoms with van der Waals surface area (Å²) >= 11 is 3.70. The van der Waals surface area contributed by atoms with Gasteiger partial charge in [-0.15, -0.1) is 0 Å². The van der Waals surface area contributed by atoms with Gasteiger partial charge in [0.25, 0.3) is 0 Å². The number of hydrogen-bond acceptors (Lipinski definition) is 8. The van der Waals surface area contributed by atoms with Gasteiger partial charge in [-0.2, -0.15) is 0 Å². The lowest BCUT2D eigenvalue weighted by molar-refractivity contribution is 0.0974. The van der Waals surface area contributed by atoms with Crippen LogP contribution >= 0.6 is 34.4 Å². The summed E-state index contributed by atoms with van der Waals surface area (Å²) < 4.78 is 6.74. The molecule has 2 aliphatic heterocycles. The number of nitrogen functional groups attached to an aromatic ring is 1. The average molecular weight is 498 g/mol. The van der Waals surface area contributed by atoms with Gasteiger partial charge in [-0.05, 0) is 54.5 Å². The minimum absolute atomic E-state index is 0.100. The Morgan fingerprint density at radius 2 is 2.11 bits per heavy atom. The molecule has 2 fully saturated rings. The van der Waals surface area contributed by atoms with Gasteiger partial charge in [0.2, 0.25) is 0 Å². The van der Waals surface area contributed by atoms with E-state index in [1.165, 1.54) is 11.8 Å². The van der Waals surface area contributed by atoms with Crippen LogP contribution in [-0.4, -0.2) is 46.8 Å². The third kappa shape index (κ3) is 3.87. The average Bonchev–Trinajstić information content (AvgIpc) is 2.93. The largest absolute Gasteiger partial charge is 0.381 e. The molecule has 0 radical (unpaired) electrons. The first-order valence-electron chi connectivity index (χ1n) is 9.01. The van der Waals surface area contributed by atoms with Crippen molar-refractivity contribution in [3.05, 3.63) is 28.2 Å². The lowest BCUT2D eigenvalue weighted by atomic mass is 9.73. The topological polar surface area (TPSA) is 103 Å². The Morgan fingerprint density at radius 1 is 1.33 bits per heavy atom. The van der Waals surface area contributed by atoms with Crippen molar-refractivity contribution in [1.82, 2.24) is 15.0 Å². The molecule has 0 aromatic carbocycles. The molecule has 144 valence electrons. The van der Waals surface area contributed by atoms with Crippen LogP contribution in [0.2, 0.25) is 0 Å². The SMILES string of the molecule is CC1OCC2(CCN(c3cnc(Sc4ccnc(I)c4)c(N)n3)CC2)C1N. The maximum atomic E-state index is 6.40. The molecule has 2 atom stereocenters. The van der Waals surface area contributed by atoms with Crippen molar-refractivity contribution in [3.8, 4) is 0 Å². The van der Waals surface area contributed by atoms with E-state index in [0.29, 0.717) is 10.8 Å². The monoisotopic (exact) mass is 498 g/mol. The summed E-state index contributed by atoms with van der Waals surface area (Å²) in [6.45, 7) is 4.62. The van der Waals surface area contributed by atoms with Crippen LogP contribution in [0, 0.1) is 9.12 Å². The quantitative estimate of drug-likeness (QED) is 0.492. The van der Waals surface area contributed by atoms with Crippen molar-refractivity contribution in [3.63, 3.8) is 0 Å². The fraction of sp³-hybridized carbons (Fsp3) is 0.500. The summed E-state index contributed by atoms with van der Waals surface area (Å²) in [5.41, 5.74) is 12.7. The molecule has 4 N–H and O–H groups in total. The number of ether oxygens (including phenoxy) is 1. The molecule has 0 saturated carbocycles. The molecule has 4 heterocycles. The van der Waals surface area contributed by atoms with Gasteiger partial charge < -0.3 is 21.1 Å². The minimum Gasteiger partial charge on any atom is -0.381 e. The molecule has 0 amide bonds. The molecule has 0 aliphatic carbocycles. The standard InChI is InChI=1S/C18H23IN6OS/c1-11-15(20)18(10-26-11)3-6-25(7-4-18)14-9-23-17(16(21)24-14)27-12-2-5-22-13(19)8-12/h2,5,8-9,11,15H,3-4,6-7,10,20H2,1H3,(H2,21,24). The summed E-state index contributed by atoms with van der Waals surface area (Å²) in [4.78, 5) is 16.7. The predicted octanol–water partition coefficient (Wildman–Crippen LogP) is 2.54. The Labute approximate surface area is 176 Å². The van der Waals surface area contributed by atoms with Gasteiger partial charge in [0, 0.05) is 35.6 Å². The van der Waals surface area contributed by atoms with Crippen LogP contribution in [0.15, 0.2) is 34.4 Å². The zero-order valence-corrected chi connectivity index (χ0v) is 18.1. The van der Waals surface area contributed by atoms with Crippen LogP contribution in [0.1, 0.15) is 19.8 Å². The van der Waals surface area contributed by atoms with E-state index in [2.05, 4.69) is 49.4 Å². The van der Waals surface area contributed by atoms with E-state index in [-0.39, 0.29) is 17.6 Å². The predicted molar refractivity (Wildman–Crippen MR) is 115 cm³/mol. The molecule has 7 nitrogen and oxygen atoms in total. The number of aromatic nitrogens is 3. The van der Waals surface area contributed by atoms with Gasteiger partial charge in [0.1, 0.15) is 14.5 Å². The molecule has 9 heteroatoms. The van der Waals surface area contributed by atoms with Crippen molar-refractivity contribution in [1.29, 1.82) is 0 Å². The second kappa shape index (κ2) is 7.69. The van der Waals surface area contributed by atoms with Crippen molar-refractivity contribution in [2.24, 2.45) is 11.1 Å². The molecule has 0 bridgehead atoms. The first-order valence-corrected chi connectivity index (χ1v) is 10.9. The fourth-order valence-corrected chi connectivity index (χ4v) is 5.31. The first-order chi connectivity index (χ1) is 13.0. The maximum Gasteiger partial charge on any atom is 0.158 e. The number of halogens is 1. The highest BCUT2D eigenvalue weighted by Gasteiger charge is 2.47. The minimum atomic E-state index is 0.100. The van der Waals surface area contributed by atoms with Gasteiger partial charge in [-0.3, -0.25) is 4.98 Å². The first kappa shape index (κ1) is 19.2. The summed E-state index contributed by atoms with van der Waals surface area (Å²) in [6, 6.07) is 4.05. The number of nitrogens with zero attached hydrogens (tertiary/aromatic N) is 4. The van der Waals surface area contributed by atoms with E-state index in [4.69, 9.17) is 16.2 Å². The summed E-state index contributed by atoms with van der Waals surface area (Å²) in [5, 5.41) is 0.717. The highest BCUT2D eigenvalue weighted by atomic mass is 127. The number of nitrogens with two attached hydrogens (primary N) is 2. The van der Waals surface area contributed by atoms with Crippen molar-refractivity contribution in [2.75, 3.05) is 30.3 Å². The van der Waals surface area contributed by atoms with E-state index >= 15 is 0 Å². The Hall–Kier alpha value is -1.17. The fourth-order valence-electron chi connectivity index (χ4n) is 3.83. The highest BCUT2D eigenvalue weighted by molar-refractivity contribution is 14.1. The Morgan fingerprint density at radius 3 is 2.74 bits per heavy atom. The number of rotatable bonds is 3.